The second-order valence-electron chi connectivity index (χ2n) is 9.55. The van der Waals surface area contributed by atoms with Crippen LogP contribution in [-0.2, 0) is 0 Å². The summed E-state index contributed by atoms with van der Waals surface area (Å²) in [5.74, 6) is 0. The van der Waals surface area contributed by atoms with Crippen molar-refractivity contribution in [1.29, 1.82) is 0 Å². The molecule has 0 radical (unpaired) electrons. The van der Waals surface area contributed by atoms with E-state index in [4.69, 9.17) is 0 Å². The first-order valence-corrected chi connectivity index (χ1v) is 13.0. The Kier molecular flexibility index (Phi) is 6.57. The minimum absolute atomic E-state index is 1.15. The summed E-state index contributed by atoms with van der Waals surface area (Å²) in [4.78, 5) is 2.28. The van der Waals surface area contributed by atoms with E-state index >= 15 is 0 Å². The summed E-state index contributed by atoms with van der Waals surface area (Å²) in [6.07, 6.45) is 0. The fourth-order valence-corrected chi connectivity index (χ4v) is 4.93. The van der Waals surface area contributed by atoms with Gasteiger partial charge in [-0.05, 0) is 74.8 Å². The third-order valence-corrected chi connectivity index (χ3v) is 7.08. The van der Waals surface area contributed by atoms with Crippen LogP contribution in [0, 0.1) is 0 Å². The molecule has 182 valence electrons. The van der Waals surface area contributed by atoms with Crippen molar-refractivity contribution in [1.82, 2.24) is 0 Å². The molecular weight excluding hydrogens is 458 g/mol. The van der Waals surface area contributed by atoms with Crippen molar-refractivity contribution in [2.24, 2.45) is 0 Å². The molecule has 1 nitrogen and oxygen atoms in total. The van der Waals surface area contributed by atoms with Crippen LogP contribution in [0.2, 0.25) is 0 Å². The molecule has 0 heterocycles. The third kappa shape index (κ3) is 5.00. The van der Waals surface area contributed by atoms with Gasteiger partial charge in [-0.15, -0.1) is 0 Å². The van der Waals surface area contributed by atoms with Gasteiger partial charge in [-0.3, -0.25) is 0 Å². The number of rotatable bonds is 6. The van der Waals surface area contributed by atoms with Crippen LogP contribution in [0.4, 0.5) is 11.4 Å². The van der Waals surface area contributed by atoms with E-state index in [1.54, 1.807) is 0 Å². The lowest BCUT2D eigenvalue weighted by molar-refractivity contribution is 1.21. The van der Waals surface area contributed by atoms with Gasteiger partial charge in [0.1, 0.15) is 0 Å². The van der Waals surface area contributed by atoms with Crippen molar-refractivity contribution in [3.8, 4) is 44.5 Å². The fraction of sp³-hybridized carbons (Fsp3) is 0.0270. The van der Waals surface area contributed by atoms with Crippen molar-refractivity contribution in [3.63, 3.8) is 0 Å². The van der Waals surface area contributed by atoms with Crippen LogP contribution in [0.5, 0.6) is 0 Å². The van der Waals surface area contributed by atoms with Gasteiger partial charge >= 0.3 is 0 Å². The first kappa shape index (κ1) is 23.5. The second kappa shape index (κ2) is 10.6. The van der Waals surface area contributed by atoms with E-state index in [2.05, 4.69) is 170 Å². The zero-order chi connectivity index (χ0) is 25.7. The zero-order valence-corrected chi connectivity index (χ0v) is 21.5. The lowest BCUT2D eigenvalue weighted by Crippen LogP contribution is -2.09. The molecule has 1 heteroatoms. The molecule has 0 aliphatic carbocycles. The van der Waals surface area contributed by atoms with E-state index in [0.29, 0.717) is 0 Å². The lowest BCUT2D eigenvalue weighted by atomic mass is 9.97. The van der Waals surface area contributed by atoms with Crippen LogP contribution < -0.4 is 4.90 Å². The molecule has 0 atom stereocenters. The Hall–Kier alpha value is -4.88. The summed E-state index contributed by atoms with van der Waals surface area (Å²) in [5, 5.41) is 0. The van der Waals surface area contributed by atoms with Gasteiger partial charge in [-0.1, -0.05) is 127 Å². The summed E-state index contributed by atoms with van der Waals surface area (Å²) in [5.41, 5.74) is 12.0. The van der Waals surface area contributed by atoms with Gasteiger partial charge in [0.15, 0.2) is 0 Å². The largest absolute Gasteiger partial charge is 0.345 e. The molecule has 6 rings (SSSR count). The van der Waals surface area contributed by atoms with Crippen LogP contribution in [0.1, 0.15) is 0 Å². The molecule has 0 saturated carbocycles. The Morgan fingerprint density at radius 2 is 0.658 bits per heavy atom. The molecule has 0 spiro atoms. The third-order valence-electron chi connectivity index (χ3n) is 7.08. The highest BCUT2D eigenvalue weighted by Gasteiger charge is 2.11. The summed E-state index contributed by atoms with van der Waals surface area (Å²) in [6.45, 7) is 0. The molecule has 38 heavy (non-hydrogen) atoms. The highest BCUT2D eigenvalue weighted by molar-refractivity contribution is 5.81. The minimum atomic E-state index is 1.15. The molecular formula is C37H29N. The number of hydrogen-bond donors (Lipinski definition) is 0. The average Bonchev–Trinajstić information content (AvgIpc) is 3.02. The van der Waals surface area contributed by atoms with Gasteiger partial charge in [0.25, 0.3) is 0 Å². The van der Waals surface area contributed by atoms with Crippen LogP contribution in [0.15, 0.2) is 158 Å². The standard InChI is InChI=1S/C37H29N/c1-38(36-19-11-18-33(25-36)32-22-20-31(21-23-32)28-12-5-2-6-13-28)37-26-34(29-14-7-3-8-15-29)24-35(27-37)30-16-9-4-10-17-30/h2-27H,1H3. The van der Waals surface area contributed by atoms with E-state index in [-0.39, 0.29) is 0 Å². The van der Waals surface area contributed by atoms with Gasteiger partial charge in [0, 0.05) is 18.4 Å². The summed E-state index contributed by atoms with van der Waals surface area (Å²) < 4.78 is 0. The van der Waals surface area contributed by atoms with Crippen molar-refractivity contribution < 1.29 is 0 Å². The number of anilines is 2. The van der Waals surface area contributed by atoms with Crippen LogP contribution >= 0.6 is 0 Å². The maximum Gasteiger partial charge on any atom is 0.0420 e. The number of hydrogen-bond acceptors (Lipinski definition) is 1. The Bertz CT molecular complexity index is 1580. The normalized spacial score (nSPS) is 10.8. The Morgan fingerprint density at radius 3 is 1.16 bits per heavy atom. The molecule has 0 unspecified atom stereocenters. The summed E-state index contributed by atoms with van der Waals surface area (Å²) in [6, 6.07) is 56.2. The van der Waals surface area contributed by atoms with Crippen LogP contribution in [-0.4, -0.2) is 7.05 Å². The highest BCUT2D eigenvalue weighted by atomic mass is 15.1. The highest BCUT2D eigenvalue weighted by Crippen LogP contribution is 2.35. The van der Waals surface area contributed by atoms with Crippen LogP contribution in [0.25, 0.3) is 44.5 Å². The monoisotopic (exact) mass is 487 g/mol. The molecule has 0 saturated heterocycles. The SMILES string of the molecule is CN(c1cccc(-c2ccc(-c3ccccc3)cc2)c1)c1cc(-c2ccccc2)cc(-c2ccccc2)c1. The van der Waals surface area contributed by atoms with Gasteiger partial charge < -0.3 is 4.90 Å². The first-order chi connectivity index (χ1) is 18.7. The van der Waals surface area contributed by atoms with Gasteiger partial charge in [0.05, 0.1) is 0 Å². The molecule has 0 N–H and O–H groups in total. The quantitative estimate of drug-likeness (QED) is 0.226. The van der Waals surface area contributed by atoms with Gasteiger partial charge in [-0.2, -0.15) is 0 Å². The smallest absolute Gasteiger partial charge is 0.0420 e. The van der Waals surface area contributed by atoms with E-state index in [0.717, 1.165) is 11.4 Å². The predicted octanol–water partition coefficient (Wildman–Crippen LogP) is 10.1. The topological polar surface area (TPSA) is 3.24 Å². The maximum atomic E-state index is 2.28. The summed E-state index contributed by atoms with van der Waals surface area (Å²) >= 11 is 0. The zero-order valence-electron chi connectivity index (χ0n) is 21.5. The molecule has 0 bridgehead atoms. The minimum Gasteiger partial charge on any atom is -0.345 e. The molecule has 6 aromatic carbocycles. The Labute approximate surface area is 225 Å². The second-order valence-corrected chi connectivity index (χ2v) is 9.55. The van der Waals surface area contributed by atoms with Crippen molar-refractivity contribution in [2.45, 2.75) is 0 Å². The number of nitrogens with zero attached hydrogens (tertiary/aromatic N) is 1. The molecule has 0 aromatic heterocycles. The van der Waals surface area contributed by atoms with Crippen molar-refractivity contribution in [2.75, 3.05) is 11.9 Å². The molecule has 0 aliphatic rings. The Balaban J connectivity index is 1.36. The van der Waals surface area contributed by atoms with Crippen molar-refractivity contribution >= 4 is 11.4 Å². The molecule has 0 fully saturated rings. The predicted molar refractivity (Wildman–Crippen MR) is 163 cm³/mol. The molecule has 0 aliphatic heterocycles. The van der Waals surface area contributed by atoms with E-state index in [9.17, 15) is 0 Å². The van der Waals surface area contributed by atoms with Gasteiger partial charge in [-0.25, -0.2) is 0 Å². The van der Waals surface area contributed by atoms with Gasteiger partial charge in [0.2, 0.25) is 0 Å². The fourth-order valence-electron chi connectivity index (χ4n) is 4.93. The summed E-state index contributed by atoms with van der Waals surface area (Å²) in [7, 11) is 2.15. The number of benzene rings is 6. The first-order valence-electron chi connectivity index (χ1n) is 13.0. The van der Waals surface area contributed by atoms with E-state index < -0.39 is 0 Å². The molecule has 0 amide bonds. The van der Waals surface area contributed by atoms with Crippen molar-refractivity contribution in [3.05, 3.63) is 158 Å². The average molecular weight is 488 g/mol. The maximum absolute atomic E-state index is 2.28. The lowest BCUT2D eigenvalue weighted by Gasteiger charge is -2.22. The van der Waals surface area contributed by atoms with Crippen LogP contribution in [0.3, 0.4) is 0 Å². The molecule has 6 aromatic rings. The van der Waals surface area contributed by atoms with E-state index in [1.165, 1.54) is 44.5 Å². The Morgan fingerprint density at radius 1 is 0.289 bits per heavy atom. The van der Waals surface area contributed by atoms with E-state index in [1.807, 2.05) is 0 Å².